The largest absolute Gasteiger partial charge is 0.314 e. The first-order chi connectivity index (χ1) is 7.36. The molecule has 0 amide bonds. The van der Waals surface area contributed by atoms with Crippen molar-refractivity contribution >= 4 is 0 Å². The molecule has 0 aliphatic carbocycles. The molecule has 2 aliphatic heterocycles. The van der Waals surface area contributed by atoms with E-state index in [1.165, 1.54) is 25.1 Å². The van der Waals surface area contributed by atoms with E-state index in [4.69, 9.17) is 0 Å². The van der Waals surface area contributed by atoms with Crippen LogP contribution in [0.1, 0.15) is 22.7 Å². The quantitative estimate of drug-likeness (QED) is 0.686. The summed E-state index contributed by atoms with van der Waals surface area (Å²) in [6.07, 6.45) is 1.23. The molecule has 1 saturated heterocycles. The molecule has 0 aromatic heterocycles. The van der Waals surface area contributed by atoms with Gasteiger partial charge < -0.3 is 5.32 Å². The van der Waals surface area contributed by atoms with Gasteiger partial charge in [-0.3, -0.25) is 4.90 Å². The van der Waals surface area contributed by atoms with E-state index in [0.717, 1.165) is 13.1 Å². The molecule has 15 heavy (non-hydrogen) atoms. The topological polar surface area (TPSA) is 15.3 Å². The number of nitrogens with zero attached hydrogens (tertiary/aromatic N) is 1. The summed E-state index contributed by atoms with van der Waals surface area (Å²) in [6.45, 7) is 6.96. The summed E-state index contributed by atoms with van der Waals surface area (Å²) >= 11 is 0. The van der Waals surface area contributed by atoms with Crippen molar-refractivity contribution in [1.29, 1.82) is 0 Å². The lowest BCUT2D eigenvalue weighted by Gasteiger charge is -2.41. The Bertz CT molecular complexity index is 373. The Morgan fingerprint density at radius 3 is 3.20 bits per heavy atom. The summed E-state index contributed by atoms with van der Waals surface area (Å²) in [6, 6.07) is 7.38. The molecule has 1 aromatic rings. The van der Waals surface area contributed by atoms with Gasteiger partial charge in [-0.2, -0.15) is 0 Å². The van der Waals surface area contributed by atoms with Gasteiger partial charge in [-0.05, 0) is 30.0 Å². The summed E-state index contributed by atoms with van der Waals surface area (Å²) in [5, 5.41) is 3.50. The first kappa shape index (κ1) is 9.37. The van der Waals surface area contributed by atoms with Gasteiger partial charge in [-0.15, -0.1) is 0 Å². The minimum Gasteiger partial charge on any atom is -0.314 e. The number of rotatable bonds is 0. The monoisotopic (exact) mass is 202 g/mol. The van der Waals surface area contributed by atoms with Gasteiger partial charge in [-0.1, -0.05) is 18.2 Å². The van der Waals surface area contributed by atoms with Crippen LogP contribution < -0.4 is 5.32 Å². The van der Waals surface area contributed by atoms with Gasteiger partial charge >= 0.3 is 0 Å². The lowest BCUT2D eigenvalue weighted by molar-refractivity contribution is 0.151. The van der Waals surface area contributed by atoms with Crippen molar-refractivity contribution in [3.63, 3.8) is 0 Å². The Morgan fingerprint density at radius 1 is 1.33 bits per heavy atom. The molecule has 1 N–H and O–H groups in total. The van der Waals surface area contributed by atoms with Crippen LogP contribution in [0.25, 0.3) is 0 Å². The molecule has 1 fully saturated rings. The van der Waals surface area contributed by atoms with Crippen LogP contribution >= 0.6 is 0 Å². The fourth-order valence-electron chi connectivity index (χ4n) is 2.95. The average Bonchev–Trinajstić information content (AvgIpc) is 2.29. The van der Waals surface area contributed by atoms with E-state index in [1.54, 1.807) is 11.1 Å². The van der Waals surface area contributed by atoms with E-state index in [2.05, 4.69) is 35.3 Å². The highest BCUT2D eigenvalue weighted by molar-refractivity contribution is 5.39. The average molecular weight is 202 g/mol. The fourth-order valence-corrected chi connectivity index (χ4v) is 2.95. The zero-order chi connectivity index (χ0) is 10.3. The Balaban J connectivity index is 2.03. The third-order valence-corrected chi connectivity index (χ3v) is 3.81. The number of hydrogen-bond donors (Lipinski definition) is 1. The molecule has 1 atom stereocenters. The van der Waals surface area contributed by atoms with Gasteiger partial charge in [0.05, 0.1) is 0 Å². The van der Waals surface area contributed by atoms with E-state index in [-0.39, 0.29) is 0 Å². The first-order valence-corrected chi connectivity index (χ1v) is 5.89. The van der Waals surface area contributed by atoms with Crippen LogP contribution in [-0.2, 0) is 6.42 Å². The second-order valence-corrected chi connectivity index (χ2v) is 4.65. The van der Waals surface area contributed by atoms with Crippen LogP contribution in [0.3, 0.4) is 0 Å². The Hall–Kier alpha value is -0.860. The molecule has 2 nitrogen and oxygen atoms in total. The molecular weight excluding hydrogens is 184 g/mol. The molecule has 0 spiro atoms. The summed E-state index contributed by atoms with van der Waals surface area (Å²) in [7, 11) is 0. The van der Waals surface area contributed by atoms with Gasteiger partial charge in [0.25, 0.3) is 0 Å². The zero-order valence-corrected chi connectivity index (χ0v) is 9.29. The number of aryl methyl sites for hydroxylation is 1. The maximum absolute atomic E-state index is 3.50. The second kappa shape index (κ2) is 3.62. The van der Waals surface area contributed by atoms with Crippen LogP contribution in [0.5, 0.6) is 0 Å². The second-order valence-electron chi connectivity index (χ2n) is 4.65. The van der Waals surface area contributed by atoms with Crippen LogP contribution in [-0.4, -0.2) is 31.1 Å². The standard InChI is InChI=1S/C13H18N2/c1-10-3-2-4-12-11(10)5-7-15-8-6-14-9-13(12)15/h2-4,13-14H,5-9H2,1H3. The highest BCUT2D eigenvalue weighted by Gasteiger charge is 2.29. The smallest absolute Gasteiger partial charge is 0.0476 e. The van der Waals surface area contributed by atoms with E-state index in [9.17, 15) is 0 Å². The Kier molecular flexibility index (Phi) is 2.26. The number of hydrogen-bond acceptors (Lipinski definition) is 2. The van der Waals surface area contributed by atoms with Crippen molar-refractivity contribution in [1.82, 2.24) is 10.2 Å². The zero-order valence-electron chi connectivity index (χ0n) is 9.29. The molecule has 2 heteroatoms. The summed E-state index contributed by atoms with van der Waals surface area (Å²) in [5.74, 6) is 0. The van der Waals surface area contributed by atoms with E-state index >= 15 is 0 Å². The molecule has 3 rings (SSSR count). The molecule has 80 valence electrons. The lowest BCUT2D eigenvalue weighted by Crippen LogP contribution is -2.49. The van der Waals surface area contributed by atoms with Crippen molar-refractivity contribution < 1.29 is 0 Å². The minimum absolute atomic E-state index is 0.627. The Morgan fingerprint density at radius 2 is 2.27 bits per heavy atom. The molecule has 0 saturated carbocycles. The fraction of sp³-hybridized carbons (Fsp3) is 0.538. The predicted molar refractivity (Wildman–Crippen MR) is 62.1 cm³/mol. The van der Waals surface area contributed by atoms with Crippen LogP contribution in [0.2, 0.25) is 0 Å². The van der Waals surface area contributed by atoms with E-state index < -0.39 is 0 Å². The number of nitrogens with one attached hydrogen (secondary N) is 1. The lowest BCUT2D eigenvalue weighted by atomic mass is 9.88. The van der Waals surface area contributed by atoms with Crippen molar-refractivity contribution in [3.8, 4) is 0 Å². The molecular formula is C13H18N2. The predicted octanol–water partition coefficient (Wildman–Crippen LogP) is 1.50. The van der Waals surface area contributed by atoms with E-state index in [1.807, 2.05) is 0 Å². The van der Waals surface area contributed by atoms with Crippen molar-refractivity contribution in [2.24, 2.45) is 0 Å². The molecule has 0 radical (unpaired) electrons. The van der Waals surface area contributed by atoms with Crippen molar-refractivity contribution in [2.75, 3.05) is 26.2 Å². The number of fused-ring (bicyclic) bond motifs is 3. The highest BCUT2D eigenvalue weighted by Crippen LogP contribution is 2.31. The van der Waals surface area contributed by atoms with E-state index in [0.29, 0.717) is 6.04 Å². The van der Waals surface area contributed by atoms with Gasteiger partial charge in [0.1, 0.15) is 0 Å². The third kappa shape index (κ3) is 1.48. The summed E-state index contributed by atoms with van der Waals surface area (Å²) in [4.78, 5) is 2.62. The molecule has 2 aliphatic rings. The minimum atomic E-state index is 0.627. The number of piperazine rings is 1. The Labute approximate surface area is 91.3 Å². The van der Waals surface area contributed by atoms with Crippen LogP contribution in [0, 0.1) is 6.92 Å². The van der Waals surface area contributed by atoms with Crippen molar-refractivity contribution in [3.05, 3.63) is 34.9 Å². The normalized spacial score (nSPS) is 25.8. The number of benzene rings is 1. The highest BCUT2D eigenvalue weighted by atomic mass is 15.2. The molecule has 1 unspecified atom stereocenters. The molecule has 0 bridgehead atoms. The van der Waals surface area contributed by atoms with Gasteiger partial charge in [0.2, 0.25) is 0 Å². The van der Waals surface area contributed by atoms with Crippen LogP contribution in [0.15, 0.2) is 18.2 Å². The van der Waals surface area contributed by atoms with Gasteiger partial charge in [0, 0.05) is 32.2 Å². The molecule has 2 heterocycles. The first-order valence-electron chi connectivity index (χ1n) is 5.89. The van der Waals surface area contributed by atoms with Crippen LogP contribution in [0.4, 0.5) is 0 Å². The summed E-state index contributed by atoms with van der Waals surface area (Å²) < 4.78 is 0. The van der Waals surface area contributed by atoms with Gasteiger partial charge in [-0.25, -0.2) is 0 Å². The summed E-state index contributed by atoms with van der Waals surface area (Å²) in [5.41, 5.74) is 4.63. The maximum Gasteiger partial charge on any atom is 0.0476 e. The van der Waals surface area contributed by atoms with Crippen molar-refractivity contribution in [2.45, 2.75) is 19.4 Å². The molecule has 1 aromatic carbocycles. The maximum atomic E-state index is 3.50. The SMILES string of the molecule is Cc1cccc2c1CCN1CCNCC21. The van der Waals surface area contributed by atoms with Gasteiger partial charge in [0.15, 0.2) is 0 Å². The third-order valence-electron chi connectivity index (χ3n) is 3.81.